The maximum Gasteiger partial charge on any atom is 0.269 e. The Morgan fingerprint density at radius 1 is 1.06 bits per heavy atom. The lowest BCUT2D eigenvalue weighted by atomic mass is 10.1. The Kier molecular flexibility index (Phi) is 9.56. The predicted octanol–water partition coefficient (Wildman–Crippen LogP) is 3.59. The molecule has 8 nitrogen and oxygen atoms in total. The van der Waals surface area contributed by atoms with Crippen molar-refractivity contribution >= 4 is 39.1 Å². The number of aromatic nitrogens is 1. The van der Waals surface area contributed by atoms with Crippen LogP contribution in [0.15, 0.2) is 59.4 Å². The maximum atomic E-state index is 12.8. The number of benzene rings is 2. The first-order valence-electron chi connectivity index (χ1n) is 11.2. The summed E-state index contributed by atoms with van der Waals surface area (Å²) in [6.07, 6.45) is 1.28. The number of aryl methyl sites for hydroxylation is 2. The zero-order valence-corrected chi connectivity index (χ0v) is 21.9. The second kappa shape index (κ2) is 12.4. The van der Waals surface area contributed by atoms with Crippen molar-refractivity contribution in [3.8, 4) is 5.75 Å². The van der Waals surface area contributed by atoms with Gasteiger partial charge in [-0.25, -0.2) is 13.1 Å². The smallest absolute Gasteiger partial charge is 0.269 e. The number of ether oxygens (including phenoxy) is 1. The number of aliphatic hydroxyl groups is 1. The Hall–Kier alpha value is -2.85. The molecule has 0 aliphatic carbocycles. The van der Waals surface area contributed by atoms with E-state index in [9.17, 15) is 18.0 Å². The molecule has 36 heavy (non-hydrogen) atoms. The van der Waals surface area contributed by atoms with Gasteiger partial charge < -0.3 is 14.4 Å². The molecule has 192 valence electrons. The van der Waals surface area contributed by atoms with Gasteiger partial charge in [0.1, 0.15) is 17.4 Å². The van der Waals surface area contributed by atoms with Crippen LogP contribution in [0, 0.1) is 0 Å². The van der Waals surface area contributed by atoms with Gasteiger partial charge in [0.15, 0.2) is 0 Å². The van der Waals surface area contributed by atoms with Gasteiger partial charge in [-0.15, -0.1) is 0 Å². The summed E-state index contributed by atoms with van der Waals surface area (Å²) in [7, 11) is -3.91. The number of carbonyl (C=O) groups excluding carboxylic acids is 1. The van der Waals surface area contributed by atoms with Crippen LogP contribution in [0.5, 0.6) is 5.75 Å². The zero-order chi connectivity index (χ0) is 26.3. The van der Waals surface area contributed by atoms with E-state index >= 15 is 0 Å². The fourth-order valence-corrected chi connectivity index (χ4v) is 4.74. The molecule has 0 saturated carbocycles. The fraction of sp³-hybridized carbons (Fsp3) is 0.280. The number of carbonyl (C=O) groups is 1. The van der Waals surface area contributed by atoms with E-state index in [1.54, 1.807) is 12.1 Å². The van der Waals surface area contributed by atoms with Crippen LogP contribution in [-0.4, -0.2) is 36.4 Å². The van der Waals surface area contributed by atoms with Crippen molar-refractivity contribution in [2.75, 3.05) is 12.4 Å². The second-order valence-electron chi connectivity index (χ2n) is 7.95. The molecule has 0 aliphatic rings. The quantitative estimate of drug-likeness (QED) is 0.375. The molecule has 1 amide bonds. The van der Waals surface area contributed by atoms with Crippen LogP contribution in [-0.2, 0) is 36.0 Å². The molecule has 11 heteroatoms. The maximum absolute atomic E-state index is 12.8. The number of sulfonamides is 1. The summed E-state index contributed by atoms with van der Waals surface area (Å²) in [5.74, 6) is -0.696. The predicted molar refractivity (Wildman–Crippen MR) is 139 cm³/mol. The molecule has 0 radical (unpaired) electrons. The summed E-state index contributed by atoms with van der Waals surface area (Å²) in [4.78, 5) is 25.0. The third kappa shape index (κ3) is 7.33. The van der Waals surface area contributed by atoms with Gasteiger partial charge in [0, 0.05) is 12.1 Å². The topological polar surface area (TPSA) is 115 Å². The SMILES string of the molecule is CCc1cccc(OCc2c(Cl)cc(Cl)c(=O)n2CCc2ccc(C(=O)NS(=O)(=O)CCO)cc2)c1. The highest BCUT2D eigenvalue weighted by atomic mass is 35.5. The molecule has 1 aromatic heterocycles. The lowest BCUT2D eigenvalue weighted by molar-refractivity contribution is 0.0981. The highest BCUT2D eigenvalue weighted by Crippen LogP contribution is 2.22. The molecular weight excluding hydrogens is 527 g/mol. The second-order valence-corrected chi connectivity index (χ2v) is 10.6. The zero-order valence-electron chi connectivity index (χ0n) is 19.5. The highest BCUT2D eigenvalue weighted by molar-refractivity contribution is 7.90. The minimum atomic E-state index is -3.91. The number of halogens is 2. The van der Waals surface area contributed by atoms with Gasteiger partial charge in [-0.2, -0.15) is 0 Å². The third-order valence-corrected chi connectivity index (χ3v) is 7.25. The van der Waals surface area contributed by atoms with Crippen LogP contribution in [0.3, 0.4) is 0 Å². The van der Waals surface area contributed by atoms with Crippen LogP contribution in [0.4, 0.5) is 0 Å². The molecular formula is C25H26Cl2N2O6S. The summed E-state index contributed by atoms with van der Waals surface area (Å²) >= 11 is 12.5. The summed E-state index contributed by atoms with van der Waals surface area (Å²) in [5, 5.41) is 9.08. The average molecular weight is 553 g/mol. The molecule has 3 aromatic rings. The van der Waals surface area contributed by atoms with Crippen molar-refractivity contribution in [3.05, 3.63) is 97.4 Å². The minimum absolute atomic E-state index is 0.00663. The van der Waals surface area contributed by atoms with Crippen LogP contribution in [0.2, 0.25) is 10.0 Å². The summed E-state index contributed by atoms with van der Waals surface area (Å²) < 4.78 is 32.6. The summed E-state index contributed by atoms with van der Waals surface area (Å²) in [6, 6.07) is 15.4. The van der Waals surface area contributed by atoms with Gasteiger partial charge >= 0.3 is 0 Å². The van der Waals surface area contributed by atoms with Crippen molar-refractivity contribution in [2.45, 2.75) is 32.9 Å². The van der Waals surface area contributed by atoms with E-state index in [0.29, 0.717) is 22.9 Å². The normalized spacial score (nSPS) is 11.3. The highest BCUT2D eigenvalue weighted by Gasteiger charge is 2.16. The first kappa shape index (κ1) is 27.7. The molecule has 0 saturated heterocycles. The van der Waals surface area contributed by atoms with Gasteiger partial charge in [0.25, 0.3) is 11.5 Å². The van der Waals surface area contributed by atoms with E-state index in [-0.39, 0.29) is 23.7 Å². The molecule has 1 heterocycles. The first-order valence-corrected chi connectivity index (χ1v) is 13.6. The number of hydrogen-bond donors (Lipinski definition) is 2. The third-order valence-electron chi connectivity index (χ3n) is 5.44. The number of amides is 1. The van der Waals surface area contributed by atoms with Crippen molar-refractivity contribution in [3.63, 3.8) is 0 Å². The molecule has 2 aromatic carbocycles. The standard InChI is InChI=1S/C25H26Cl2N2O6S/c1-2-17-4-3-5-20(14-17)35-16-23-21(26)15-22(27)25(32)29(23)11-10-18-6-8-19(9-7-18)24(31)28-36(33,34)13-12-30/h3-9,14-15,30H,2,10-13,16H2,1H3,(H,28,31). The lowest BCUT2D eigenvalue weighted by Crippen LogP contribution is -2.33. The Labute approximate surface area is 219 Å². The molecule has 0 unspecified atom stereocenters. The Morgan fingerprint density at radius 2 is 1.78 bits per heavy atom. The number of hydrogen-bond acceptors (Lipinski definition) is 6. The molecule has 0 bridgehead atoms. The Bertz CT molecular complexity index is 1390. The Balaban J connectivity index is 1.74. The molecule has 0 spiro atoms. The van der Waals surface area contributed by atoms with E-state index in [4.69, 9.17) is 33.0 Å². The van der Waals surface area contributed by atoms with Gasteiger partial charge in [-0.1, -0.05) is 54.4 Å². The number of pyridine rings is 1. The van der Waals surface area contributed by atoms with E-state index in [0.717, 1.165) is 17.5 Å². The van der Waals surface area contributed by atoms with Crippen molar-refractivity contribution < 1.29 is 23.1 Å². The fourth-order valence-electron chi connectivity index (χ4n) is 3.46. The molecule has 0 fully saturated rings. The van der Waals surface area contributed by atoms with E-state index in [1.165, 1.54) is 22.8 Å². The first-order chi connectivity index (χ1) is 17.1. The molecule has 2 N–H and O–H groups in total. The van der Waals surface area contributed by atoms with Gasteiger partial charge in [0.2, 0.25) is 10.0 Å². The van der Waals surface area contributed by atoms with Crippen LogP contribution >= 0.6 is 23.2 Å². The van der Waals surface area contributed by atoms with E-state index in [2.05, 4.69) is 0 Å². The number of aliphatic hydroxyl groups excluding tert-OH is 1. The van der Waals surface area contributed by atoms with Crippen molar-refractivity contribution in [1.29, 1.82) is 0 Å². The number of nitrogens with one attached hydrogen (secondary N) is 1. The summed E-state index contributed by atoms with van der Waals surface area (Å²) in [5.41, 5.74) is 2.15. The van der Waals surface area contributed by atoms with Crippen molar-refractivity contribution in [1.82, 2.24) is 9.29 Å². The van der Waals surface area contributed by atoms with Gasteiger partial charge in [-0.05, 0) is 54.3 Å². The number of nitrogens with zero attached hydrogens (tertiary/aromatic N) is 1. The van der Waals surface area contributed by atoms with Crippen LogP contribution in [0.25, 0.3) is 0 Å². The number of rotatable bonds is 11. The van der Waals surface area contributed by atoms with Gasteiger partial charge in [0.05, 0.1) is 23.1 Å². The van der Waals surface area contributed by atoms with E-state index in [1.807, 2.05) is 35.9 Å². The van der Waals surface area contributed by atoms with Gasteiger partial charge in [-0.3, -0.25) is 9.59 Å². The van der Waals surface area contributed by atoms with E-state index < -0.39 is 33.8 Å². The largest absolute Gasteiger partial charge is 0.487 e. The minimum Gasteiger partial charge on any atom is -0.487 e. The molecule has 0 atom stereocenters. The van der Waals surface area contributed by atoms with Crippen LogP contribution < -0.4 is 15.0 Å². The monoisotopic (exact) mass is 552 g/mol. The van der Waals surface area contributed by atoms with Crippen LogP contribution in [0.1, 0.15) is 34.1 Å². The Morgan fingerprint density at radius 3 is 2.44 bits per heavy atom. The summed E-state index contributed by atoms with van der Waals surface area (Å²) in [6.45, 7) is 1.78. The van der Waals surface area contributed by atoms with Crippen molar-refractivity contribution in [2.24, 2.45) is 0 Å². The molecule has 3 rings (SSSR count). The average Bonchev–Trinajstić information content (AvgIpc) is 2.84. The lowest BCUT2D eigenvalue weighted by Gasteiger charge is -2.16. The molecule has 0 aliphatic heterocycles.